The summed E-state index contributed by atoms with van der Waals surface area (Å²) in [7, 11) is 1.30. The number of hydrogen-bond acceptors (Lipinski definition) is 4. The molecular weight excluding hydrogens is 284 g/mol. The van der Waals surface area contributed by atoms with Gasteiger partial charge < -0.3 is 18.9 Å². The summed E-state index contributed by atoms with van der Waals surface area (Å²) in [6.07, 6.45) is 1.70. The van der Waals surface area contributed by atoms with E-state index in [1.807, 2.05) is 6.92 Å². The quantitative estimate of drug-likeness (QED) is 0.786. The molecule has 1 amide bonds. The summed E-state index contributed by atoms with van der Waals surface area (Å²) in [5.74, 6) is -0.712. The first-order chi connectivity index (χ1) is 9.58. The van der Waals surface area contributed by atoms with Crippen LogP contribution in [0, 0.1) is 0 Å². The van der Waals surface area contributed by atoms with E-state index in [0.717, 1.165) is 0 Å². The molecule has 1 atom stereocenters. The molecule has 1 aromatic rings. The van der Waals surface area contributed by atoms with Gasteiger partial charge in [0.15, 0.2) is 6.04 Å². The van der Waals surface area contributed by atoms with Gasteiger partial charge in [-0.25, -0.2) is 4.79 Å². The number of aromatic nitrogens is 1. The Morgan fingerprint density at radius 3 is 2.95 bits per heavy atom. The van der Waals surface area contributed by atoms with Gasteiger partial charge in [0.05, 0.1) is 25.3 Å². The molecule has 2 heterocycles. The van der Waals surface area contributed by atoms with Crippen molar-refractivity contribution in [2.24, 2.45) is 0 Å². The van der Waals surface area contributed by atoms with Crippen LogP contribution in [0.15, 0.2) is 12.3 Å². The average molecular weight is 301 g/mol. The molecule has 0 N–H and O–H groups in total. The second-order valence-electron chi connectivity index (χ2n) is 4.44. The van der Waals surface area contributed by atoms with Gasteiger partial charge in [0.2, 0.25) is 0 Å². The molecule has 0 spiro atoms. The van der Waals surface area contributed by atoms with E-state index in [4.69, 9.17) is 21.1 Å². The van der Waals surface area contributed by atoms with Crippen molar-refractivity contribution in [3.05, 3.63) is 23.0 Å². The zero-order valence-electron chi connectivity index (χ0n) is 11.5. The number of nitrogens with zero attached hydrogens (tertiary/aromatic N) is 2. The van der Waals surface area contributed by atoms with Gasteiger partial charge in [0.25, 0.3) is 5.91 Å². The topological polar surface area (TPSA) is 60.8 Å². The minimum atomic E-state index is -0.708. The summed E-state index contributed by atoms with van der Waals surface area (Å²) < 4.78 is 11.7. The van der Waals surface area contributed by atoms with Crippen LogP contribution in [0.2, 0.25) is 5.02 Å². The van der Waals surface area contributed by atoms with Crippen molar-refractivity contribution in [2.45, 2.75) is 19.5 Å². The first-order valence-corrected chi connectivity index (χ1v) is 6.78. The zero-order valence-corrected chi connectivity index (χ0v) is 12.2. The summed E-state index contributed by atoms with van der Waals surface area (Å²) in [5, 5.41) is 0.498. The second kappa shape index (κ2) is 6.28. The van der Waals surface area contributed by atoms with Gasteiger partial charge in [-0.1, -0.05) is 11.6 Å². The van der Waals surface area contributed by atoms with Crippen LogP contribution in [-0.2, 0) is 20.8 Å². The number of rotatable bonds is 3. The number of methoxy groups -OCH3 is 1. The maximum absolute atomic E-state index is 12.6. The monoisotopic (exact) mass is 300 g/mol. The highest BCUT2D eigenvalue weighted by atomic mass is 35.5. The van der Waals surface area contributed by atoms with Gasteiger partial charge in [-0.2, -0.15) is 0 Å². The fraction of sp³-hybridized carbons (Fsp3) is 0.538. The number of morpholine rings is 1. The maximum atomic E-state index is 12.6. The molecular formula is C13H17ClN2O4. The first-order valence-electron chi connectivity index (χ1n) is 6.40. The van der Waals surface area contributed by atoms with Gasteiger partial charge in [0.1, 0.15) is 5.69 Å². The third kappa shape index (κ3) is 2.81. The molecule has 2 rings (SSSR count). The van der Waals surface area contributed by atoms with E-state index < -0.39 is 12.0 Å². The van der Waals surface area contributed by atoms with Gasteiger partial charge in [0, 0.05) is 19.3 Å². The van der Waals surface area contributed by atoms with E-state index in [-0.39, 0.29) is 12.5 Å². The van der Waals surface area contributed by atoms with Crippen molar-refractivity contribution in [3.63, 3.8) is 0 Å². The lowest BCUT2D eigenvalue weighted by Gasteiger charge is -2.33. The molecule has 7 heteroatoms. The van der Waals surface area contributed by atoms with Crippen molar-refractivity contribution < 1.29 is 19.1 Å². The van der Waals surface area contributed by atoms with Crippen LogP contribution in [0.4, 0.5) is 0 Å². The molecule has 1 unspecified atom stereocenters. The summed E-state index contributed by atoms with van der Waals surface area (Å²) in [4.78, 5) is 25.8. The molecule has 1 aromatic heterocycles. The highest BCUT2D eigenvalue weighted by Crippen LogP contribution is 2.19. The molecule has 0 saturated carbocycles. The fourth-order valence-electron chi connectivity index (χ4n) is 2.24. The molecule has 0 aromatic carbocycles. The Kier molecular flexibility index (Phi) is 4.67. The largest absolute Gasteiger partial charge is 0.467 e. The predicted molar refractivity (Wildman–Crippen MR) is 72.8 cm³/mol. The minimum Gasteiger partial charge on any atom is -0.467 e. The summed E-state index contributed by atoms with van der Waals surface area (Å²) >= 11 is 5.95. The number of carbonyl (C=O) groups is 2. The normalized spacial score (nSPS) is 18.9. The molecule has 6 nitrogen and oxygen atoms in total. The van der Waals surface area contributed by atoms with Crippen molar-refractivity contribution in [2.75, 3.05) is 26.9 Å². The van der Waals surface area contributed by atoms with Crippen LogP contribution in [-0.4, -0.2) is 54.3 Å². The summed E-state index contributed by atoms with van der Waals surface area (Å²) in [5.41, 5.74) is 0.466. The molecule has 110 valence electrons. The highest BCUT2D eigenvalue weighted by Gasteiger charge is 2.35. The van der Waals surface area contributed by atoms with Crippen LogP contribution in [0.25, 0.3) is 0 Å². The lowest BCUT2D eigenvalue weighted by molar-refractivity contribution is -0.151. The maximum Gasteiger partial charge on any atom is 0.331 e. The Morgan fingerprint density at radius 2 is 2.30 bits per heavy atom. The molecule has 1 saturated heterocycles. The van der Waals surface area contributed by atoms with E-state index in [1.54, 1.807) is 16.8 Å². The Balaban J connectivity index is 2.27. The number of hydrogen-bond donors (Lipinski definition) is 0. The molecule has 20 heavy (non-hydrogen) atoms. The highest BCUT2D eigenvalue weighted by molar-refractivity contribution is 6.31. The predicted octanol–water partition coefficient (Wildman–Crippen LogP) is 1.18. The van der Waals surface area contributed by atoms with E-state index in [2.05, 4.69) is 0 Å². The van der Waals surface area contributed by atoms with Crippen molar-refractivity contribution in [1.29, 1.82) is 0 Å². The average Bonchev–Trinajstić information content (AvgIpc) is 2.86. The Bertz CT molecular complexity index is 514. The SMILES string of the molecule is CCn1cc(Cl)cc1C(=O)N1CCOCC1C(=O)OC. The van der Waals surface area contributed by atoms with Crippen LogP contribution in [0.1, 0.15) is 17.4 Å². The number of ether oxygens (including phenoxy) is 2. The molecule has 0 aliphatic carbocycles. The number of amides is 1. The van der Waals surface area contributed by atoms with Crippen molar-refractivity contribution >= 4 is 23.5 Å². The van der Waals surface area contributed by atoms with Gasteiger partial charge >= 0.3 is 5.97 Å². The molecule has 1 fully saturated rings. The fourth-order valence-corrected chi connectivity index (χ4v) is 2.46. The lowest BCUT2D eigenvalue weighted by Crippen LogP contribution is -2.53. The van der Waals surface area contributed by atoms with E-state index in [9.17, 15) is 9.59 Å². The number of carbonyl (C=O) groups excluding carboxylic acids is 2. The third-order valence-electron chi connectivity index (χ3n) is 3.29. The standard InChI is InChI=1S/C13H17ClN2O4/c1-3-15-7-9(14)6-10(15)12(17)16-4-5-20-8-11(16)13(18)19-2/h6-7,11H,3-5,8H2,1-2H3. The van der Waals surface area contributed by atoms with E-state index in [1.165, 1.54) is 12.0 Å². The zero-order chi connectivity index (χ0) is 14.7. The molecule has 1 aliphatic heterocycles. The first kappa shape index (κ1) is 14.9. The number of halogens is 1. The van der Waals surface area contributed by atoms with Gasteiger partial charge in [-0.05, 0) is 13.0 Å². The second-order valence-corrected chi connectivity index (χ2v) is 4.88. The lowest BCUT2D eigenvalue weighted by atomic mass is 10.2. The van der Waals surface area contributed by atoms with Crippen molar-refractivity contribution in [1.82, 2.24) is 9.47 Å². The van der Waals surface area contributed by atoms with E-state index >= 15 is 0 Å². The van der Waals surface area contributed by atoms with Crippen molar-refractivity contribution in [3.8, 4) is 0 Å². The van der Waals surface area contributed by atoms with Crippen LogP contribution < -0.4 is 0 Å². The minimum absolute atomic E-state index is 0.152. The van der Waals surface area contributed by atoms with Crippen LogP contribution in [0.5, 0.6) is 0 Å². The Hall–Kier alpha value is -1.53. The molecule has 1 aliphatic rings. The Morgan fingerprint density at radius 1 is 1.55 bits per heavy atom. The van der Waals surface area contributed by atoms with E-state index in [0.29, 0.717) is 30.4 Å². The number of esters is 1. The summed E-state index contributed by atoms with van der Waals surface area (Å²) in [6.45, 7) is 3.45. The molecule has 0 radical (unpaired) electrons. The number of aryl methyl sites for hydroxylation is 1. The smallest absolute Gasteiger partial charge is 0.331 e. The third-order valence-corrected chi connectivity index (χ3v) is 3.49. The van der Waals surface area contributed by atoms with Crippen LogP contribution in [0.3, 0.4) is 0 Å². The van der Waals surface area contributed by atoms with Gasteiger partial charge in [-0.3, -0.25) is 4.79 Å². The Labute approximate surface area is 122 Å². The summed E-state index contributed by atoms with van der Waals surface area (Å²) in [6, 6.07) is 0.900. The molecule has 0 bridgehead atoms. The van der Waals surface area contributed by atoms with Crippen LogP contribution >= 0.6 is 11.6 Å². The van der Waals surface area contributed by atoms with Gasteiger partial charge in [-0.15, -0.1) is 0 Å².